The highest BCUT2D eigenvalue weighted by Crippen LogP contribution is 2.20. The number of nitrogens with zero attached hydrogens (tertiary/aromatic N) is 2. The highest BCUT2D eigenvalue weighted by atomic mass is 16.2. The zero-order chi connectivity index (χ0) is 15.2. The smallest absolute Gasteiger partial charge is 0.236 e. The molecule has 4 heteroatoms. The topological polar surface area (TPSA) is 49.6 Å². The van der Waals surface area contributed by atoms with Crippen LogP contribution in [-0.4, -0.2) is 47.4 Å². The predicted octanol–water partition coefficient (Wildman–Crippen LogP) is 1.85. The fraction of sp³-hybridized carbons (Fsp3) is 0.588. The number of rotatable bonds is 5. The Hall–Kier alpha value is -1.39. The van der Waals surface area contributed by atoms with Crippen LogP contribution in [0, 0.1) is 0 Å². The first-order valence-corrected chi connectivity index (χ1v) is 7.89. The van der Waals surface area contributed by atoms with Gasteiger partial charge in [-0.05, 0) is 32.3 Å². The molecule has 21 heavy (non-hydrogen) atoms. The molecule has 116 valence electrons. The monoisotopic (exact) mass is 289 g/mol. The molecule has 0 bridgehead atoms. The van der Waals surface area contributed by atoms with E-state index >= 15 is 0 Å². The van der Waals surface area contributed by atoms with Crippen LogP contribution in [0.3, 0.4) is 0 Å². The van der Waals surface area contributed by atoms with E-state index in [2.05, 4.69) is 43.0 Å². The largest absolute Gasteiger partial charge is 0.340 e. The molecule has 1 aromatic carbocycles. The zero-order valence-electron chi connectivity index (χ0n) is 13.2. The lowest BCUT2D eigenvalue weighted by Crippen LogP contribution is -2.52. The highest BCUT2D eigenvalue weighted by molar-refractivity contribution is 5.78. The number of likely N-dealkylation sites (tertiary alicyclic amines) is 1. The van der Waals surface area contributed by atoms with E-state index in [1.54, 1.807) is 0 Å². The zero-order valence-corrected chi connectivity index (χ0v) is 13.2. The van der Waals surface area contributed by atoms with Crippen molar-refractivity contribution < 1.29 is 4.79 Å². The van der Waals surface area contributed by atoms with Gasteiger partial charge in [0.1, 0.15) is 0 Å². The number of hydrogen-bond acceptors (Lipinski definition) is 3. The summed E-state index contributed by atoms with van der Waals surface area (Å²) in [7, 11) is 0. The summed E-state index contributed by atoms with van der Waals surface area (Å²) in [5, 5.41) is 0. The average Bonchev–Trinajstić information content (AvgIpc) is 2.52. The van der Waals surface area contributed by atoms with Crippen molar-refractivity contribution in [1.29, 1.82) is 0 Å². The summed E-state index contributed by atoms with van der Waals surface area (Å²) in [6, 6.07) is 11.4. The molecule has 1 fully saturated rings. The maximum absolute atomic E-state index is 11.8. The van der Waals surface area contributed by atoms with E-state index in [-0.39, 0.29) is 12.5 Å². The summed E-state index contributed by atoms with van der Waals surface area (Å²) >= 11 is 0. The Balaban J connectivity index is 2.05. The summed E-state index contributed by atoms with van der Waals surface area (Å²) in [4.78, 5) is 16.3. The van der Waals surface area contributed by atoms with Gasteiger partial charge >= 0.3 is 0 Å². The molecular weight excluding hydrogens is 262 g/mol. The Morgan fingerprint density at radius 1 is 1.38 bits per heavy atom. The molecule has 1 aliphatic heterocycles. The minimum absolute atomic E-state index is 0.0723. The normalized spacial score (nSPS) is 19.3. The van der Waals surface area contributed by atoms with E-state index in [1.807, 2.05) is 11.0 Å². The van der Waals surface area contributed by atoms with Crippen molar-refractivity contribution >= 4 is 5.91 Å². The van der Waals surface area contributed by atoms with Gasteiger partial charge in [0.25, 0.3) is 0 Å². The molecule has 0 radical (unpaired) electrons. The Labute approximate surface area is 127 Å². The van der Waals surface area contributed by atoms with Crippen LogP contribution in [0.1, 0.15) is 32.3 Å². The maximum Gasteiger partial charge on any atom is 0.236 e. The number of hydrogen-bond donors (Lipinski definition) is 1. The van der Waals surface area contributed by atoms with Gasteiger partial charge in [-0.15, -0.1) is 0 Å². The predicted molar refractivity (Wildman–Crippen MR) is 85.8 cm³/mol. The highest BCUT2D eigenvalue weighted by Gasteiger charge is 2.28. The summed E-state index contributed by atoms with van der Waals surface area (Å²) in [5.41, 5.74) is 6.83. The lowest BCUT2D eigenvalue weighted by molar-refractivity contribution is -0.132. The fourth-order valence-corrected chi connectivity index (χ4v) is 3.11. The van der Waals surface area contributed by atoms with Crippen LogP contribution < -0.4 is 5.73 Å². The Morgan fingerprint density at radius 3 is 2.71 bits per heavy atom. The van der Waals surface area contributed by atoms with Crippen molar-refractivity contribution in [3.8, 4) is 0 Å². The number of piperidine rings is 1. The van der Waals surface area contributed by atoms with Crippen LogP contribution in [0.25, 0.3) is 0 Å². The van der Waals surface area contributed by atoms with Gasteiger partial charge in [0, 0.05) is 31.7 Å². The minimum Gasteiger partial charge on any atom is -0.340 e. The lowest BCUT2D eigenvalue weighted by atomic mass is 10.0. The van der Waals surface area contributed by atoms with E-state index in [4.69, 9.17) is 5.73 Å². The van der Waals surface area contributed by atoms with E-state index in [0.29, 0.717) is 12.1 Å². The molecule has 4 nitrogen and oxygen atoms in total. The van der Waals surface area contributed by atoms with E-state index in [1.165, 1.54) is 5.56 Å². The minimum atomic E-state index is 0.0723. The van der Waals surface area contributed by atoms with Gasteiger partial charge in [-0.2, -0.15) is 0 Å². The van der Waals surface area contributed by atoms with Crippen LogP contribution >= 0.6 is 0 Å². The quantitative estimate of drug-likeness (QED) is 0.900. The molecule has 0 aromatic heterocycles. The standard InChI is InChI=1S/C17H27N3O/c1-14(2)20(12-15-7-4-3-5-8-15)16-9-6-10-19(13-16)17(21)11-18/h3-5,7-8,14,16H,6,9-13,18H2,1-2H3/t16-/m1/s1. The second kappa shape index (κ2) is 7.57. The number of nitrogens with two attached hydrogens (primary N) is 1. The van der Waals surface area contributed by atoms with Crippen LogP contribution in [0.15, 0.2) is 30.3 Å². The van der Waals surface area contributed by atoms with Gasteiger partial charge in [-0.3, -0.25) is 9.69 Å². The lowest BCUT2D eigenvalue weighted by Gasteiger charge is -2.41. The number of carbonyl (C=O) groups is 1. The van der Waals surface area contributed by atoms with E-state index < -0.39 is 0 Å². The molecule has 1 aliphatic rings. The summed E-state index contributed by atoms with van der Waals surface area (Å²) in [6.45, 7) is 7.17. The Kier molecular flexibility index (Phi) is 5.76. The molecule has 0 aliphatic carbocycles. The molecule has 2 rings (SSSR count). The molecular formula is C17H27N3O. The third-order valence-corrected chi connectivity index (χ3v) is 4.26. The number of carbonyl (C=O) groups excluding carboxylic acids is 1. The van der Waals surface area contributed by atoms with Gasteiger partial charge in [0.05, 0.1) is 6.54 Å². The number of amides is 1. The molecule has 1 aromatic rings. The summed E-state index contributed by atoms with van der Waals surface area (Å²) < 4.78 is 0. The maximum atomic E-state index is 11.8. The molecule has 1 amide bonds. The third-order valence-electron chi connectivity index (χ3n) is 4.26. The molecule has 2 N–H and O–H groups in total. The van der Waals surface area contributed by atoms with Gasteiger partial charge in [-0.1, -0.05) is 30.3 Å². The first kappa shape index (κ1) is 16.0. The Bertz CT molecular complexity index is 447. The first-order chi connectivity index (χ1) is 10.1. The Morgan fingerprint density at radius 2 is 2.10 bits per heavy atom. The molecule has 1 atom stereocenters. The summed E-state index contributed by atoms with van der Waals surface area (Å²) in [6.07, 6.45) is 2.22. The molecule has 0 unspecified atom stereocenters. The van der Waals surface area contributed by atoms with Crippen LogP contribution in [0.4, 0.5) is 0 Å². The third kappa shape index (κ3) is 4.29. The van der Waals surface area contributed by atoms with Gasteiger partial charge in [0.15, 0.2) is 0 Å². The van der Waals surface area contributed by atoms with Crippen molar-refractivity contribution in [2.45, 2.75) is 45.3 Å². The SMILES string of the molecule is CC(C)N(Cc1ccccc1)[C@@H]1CCCN(C(=O)CN)C1. The molecule has 1 saturated heterocycles. The molecule has 0 saturated carbocycles. The fourth-order valence-electron chi connectivity index (χ4n) is 3.11. The summed E-state index contributed by atoms with van der Waals surface area (Å²) in [5.74, 6) is 0.0723. The van der Waals surface area contributed by atoms with E-state index in [0.717, 1.165) is 32.5 Å². The van der Waals surface area contributed by atoms with Crippen LogP contribution in [-0.2, 0) is 11.3 Å². The van der Waals surface area contributed by atoms with Gasteiger partial charge in [-0.25, -0.2) is 0 Å². The molecule has 0 spiro atoms. The first-order valence-electron chi connectivity index (χ1n) is 7.89. The van der Waals surface area contributed by atoms with Crippen molar-refractivity contribution in [3.63, 3.8) is 0 Å². The molecule has 1 heterocycles. The van der Waals surface area contributed by atoms with Gasteiger partial charge < -0.3 is 10.6 Å². The van der Waals surface area contributed by atoms with Crippen LogP contribution in [0.5, 0.6) is 0 Å². The second-order valence-corrected chi connectivity index (χ2v) is 6.09. The second-order valence-electron chi connectivity index (χ2n) is 6.09. The number of benzene rings is 1. The van der Waals surface area contributed by atoms with Crippen molar-refractivity contribution in [2.75, 3.05) is 19.6 Å². The van der Waals surface area contributed by atoms with Crippen molar-refractivity contribution in [1.82, 2.24) is 9.80 Å². The van der Waals surface area contributed by atoms with Crippen LogP contribution in [0.2, 0.25) is 0 Å². The average molecular weight is 289 g/mol. The van der Waals surface area contributed by atoms with Crippen molar-refractivity contribution in [3.05, 3.63) is 35.9 Å². The van der Waals surface area contributed by atoms with Crippen molar-refractivity contribution in [2.24, 2.45) is 5.73 Å². The van der Waals surface area contributed by atoms with E-state index in [9.17, 15) is 4.79 Å². The van der Waals surface area contributed by atoms with Gasteiger partial charge in [0.2, 0.25) is 5.91 Å².